The first kappa shape index (κ1) is 7.92. The van der Waals surface area contributed by atoms with E-state index < -0.39 is 0 Å². The molecule has 0 amide bonds. The first-order chi connectivity index (χ1) is 6.84. The Morgan fingerprint density at radius 3 is 2.79 bits per heavy atom. The molecule has 0 bridgehead atoms. The molecule has 0 radical (unpaired) electrons. The smallest absolute Gasteiger partial charge is 0.0477 e. The number of hydrogen-bond donors (Lipinski definition) is 2. The van der Waals surface area contributed by atoms with Crippen molar-refractivity contribution < 1.29 is 0 Å². The third kappa shape index (κ3) is 1.03. The van der Waals surface area contributed by atoms with E-state index in [1.807, 2.05) is 12.1 Å². The van der Waals surface area contributed by atoms with Crippen molar-refractivity contribution in [3.8, 4) is 0 Å². The molecule has 14 heavy (non-hydrogen) atoms. The average molecular weight is 186 g/mol. The van der Waals surface area contributed by atoms with Gasteiger partial charge in [0.1, 0.15) is 0 Å². The van der Waals surface area contributed by atoms with Gasteiger partial charge in [0.2, 0.25) is 0 Å². The number of H-pyrrole nitrogens is 1. The van der Waals surface area contributed by atoms with E-state index in [4.69, 9.17) is 5.73 Å². The average Bonchev–Trinajstić information content (AvgIpc) is 2.46. The number of benzene rings is 1. The number of nitrogens with one attached hydrogen (secondary N) is 1. The van der Waals surface area contributed by atoms with Crippen LogP contribution in [-0.4, -0.2) is 4.98 Å². The monoisotopic (exact) mass is 186 g/mol. The number of fused-ring (bicyclic) bond motifs is 1. The number of rotatable bonds is 1. The van der Waals surface area contributed by atoms with Gasteiger partial charge < -0.3 is 10.7 Å². The van der Waals surface area contributed by atoms with Crippen molar-refractivity contribution in [1.82, 2.24) is 4.98 Å². The molecule has 1 aliphatic rings. The van der Waals surface area contributed by atoms with Crippen molar-refractivity contribution in [2.75, 3.05) is 5.73 Å². The highest BCUT2D eigenvalue weighted by molar-refractivity contribution is 5.91. The number of nitrogen functional groups attached to an aromatic ring is 1. The Kier molecular flexibility index (Phi) is 1.57. The molecule has 2 nitrogen and oxygen atoms in total. The molecule has 1 fully saturated rings. The molecule has 2 heteroatoms. The summed E-state index contributed by atoms with van der Waals surface area (Å²) in [5.74, 6) is 0.752. The van der Waals surface area contributed by atoms with Gasteiger partial charge in [0.15, 0.2) is 0 Å². The Hall–Kier alpha value is -1.44. The molecule has 3 rings (SSSR count). The Labute approximate surface area is 83.1 Å². The van der Waals surface area contributed by atoms with Crippen LogP contribution < -0.4 is 5.73 Å². The van der Waals surface area contributed by atoms with Crippen molar-refractivity contribution in [3.63, 3.8) is 0 Å². The van der Waals surface area contributed by atoms with Crippen LogP contribution in [0.3, 0.4) is 0 Å². The molecule has 0 saturated heterocycles. The van der Waals surface area contributed by atoms with Gasteiger partial charge in [0.05, 0.1) is 0 Å². The Balaban J connectivity index is 2.15. The maximum atomic E-state index is 5.91. The number of nitrogens with two attached hydrogens (primary N) is 1. The second-order valence-electron chi connectivity index (χ2n) is 4.16. The van der Waals surface area contributed by atoms with Gasteiger partial charge in [0.25, 0.3) is 0 Å². The van der Waals surface area contributed by atoms with Gasteiger partial charge in [-0.15, -0.1) is 0 Å². The lowest BCUT2D eigenvalue weighted by atomic mass is 9.83. The first-order valence-corrected chi connectivity index (χ1v) is 5.22. The highest BCUT2D eigenvalue weighted by Crippen LogP contribution is 2.37. The summed E-state index contributed by atoms with van der Waals surface area (Å²) < 4.78 is 0. The van der Waals surface area contributed by atoms with Crippen LogP contribution in [0.15, 0.2) is 24.3 Å². The molecule has 0 unspecified atom stereocenters. The first-order valence-electron chi connectivity index (χ1n) is 5.22. The topological polar surface area (TPSA) is 41.8 Å². The van der Waals surface area contributed by atoms with E-state index in [0.29, 0.717) is 0 Å². The zero-order chi connectivity index (χ0) is 9.54. The normalized spacial score (nSPS) is 17.1. The summed E-state index contributed by atoms with van der Waals surface area (Å²) in [6, 6.07) is 8.27. The van der Waals surface area contributed by atoms with E-state index in [9.17, 15) is 0 Å². The summed E-state index contributed by atoms with van der Waals surface area (Å²) in [6.45, 7) is 0. The van der Waals surface area contributed by atoms with E-state index in [1.165, 1.54) is 35.9 Å². The molecule has 72 valence electrons. The highest BCUT2D eigenvalue weighted by Gasteiger charge is 2.21. The zero-order valence-electron chi connectivity index (χ0n) is 8.09. The molecule has 2 aromatic rings. The minimum absolute atomic E-state index is 0.752. The summed E-state index contributed by atoms with van der Waals surface area (Å²) in [5.41, 5.74) is 9.33. The van der Waals surface area contributed by atoms with Crippen LogP contribution in [0.25, 0.3) is 10.9 Å². The molecule has 3 N–H and O–H groups in total. The second-order valence-corrected chi connectivity index (χ2v) is 4.16. The maximum absolute atomic E-state index is 5.91. The summed E-state index contributed by atoms with van der Waals surface area (Å²) in [7, 11) is 0. The third-order valence-electron chi connectivity index (χ3n) is 3.26. The van der Waals surface area contributed by atoms with E-state index in [0.717, 1.165) is 11.6 Å². The molecule has 1 aliphatic carbocycles. The van der Waals surface area contributed by atoms with E-state index >= 15 is 0 Å². The van der Waals surface area contributed by atoms with Crippen LogP contribution in [0.4, 0.5) is 5.69 Å². The maximum Gasteiger partial charge on any atom is 0.0477 e. The molecule has 1 heterocycles. The predicted molar refractivity (Wildman–Crippen MR) is 59.3 cm³/mol. The van der Waals surface area contributed by atoms with E-state index in [-0.39, 0.29) is 0 Å². The molecular weight excluding hydrogens is 172 g/mol. The highest BCUT2D eigenvalue weighted by atomic mass is 14.7. The standard InChI is InChI=1S/C12H14N2/c13-10-5-2-6-11-9(10)7-12(14-11)8-3-1-4-8/h2,5-8,14H,1,3-4,13H2. The van der Waals surface area contributed by atoms with Crippen molar-refractivity contribution in [2.45, 2.75) is 25.2 Å². The van der Waals surface area contributed by atoms with Crippen molar-refractivity contribution in [3.05, 3.63) is 30.0 Å². The number of aromatic nitrogens is 1. The van der Waals surface area contributed by atoms with Crippen LogP contribution in [0.1, 0.15) is 30.9 Å². The fraction of sp³-hybridized carbons (Fsp3) is 0.333. The molecule has 0 spiro atoms. The van der Waals surface area contributed by atoms with Gasteiger partial charge in [-0.05, 0) is 37.0 Å². The summed E-state index contributed by atoms with van der Waals surface area (Å²) in [6.07, 6.45) is 4.02. The molecule has 1 aromatic carbocycles. The van der Waals surface area contributed by atoms with Gasteiger partial charge in [-0.2, -0.15) is 0 Å². The zero-order valence-corrected chi connectivity index (χ0v) is 8.09. The quantitative estimate of drug-likeness (QED) is 0.660. The van der Waals surface area contributed by atoms with E-state index in [2.05, 4.69) is 17.1 Å². The SMILES string of the molecule is Nc1cccc2[nH]c(C3CCC3)cc12. The number of hydrogen-bond acceptors (Lipinski definition) is 1. The van der Waals surface area contributed by atoms with Crippen molar-refractivity contribution >= 4 is 16.6 Å². The largest absolute Gasteiger partial charge is 0.398 e. The molecular formula is C12H14N2. The molecule has 1 aromatic heterocycles. The summed E-state index contributed by atoms with van der Waals surface area (Å²) >= 11 is 0. The van der Waals surface area contributed by atoms with Crippen LogP contribution in [0.2, 0.25) is 0 Å². The van der Waals surface area contributed by atoms with Gasteiger partial charge in [-0.3, -0.25) is 0 Å². The van der Waals surface area contributed by atoms with Crippen LogP contribution in [0.5, 0.6) is 0 Å². The minimum Gasteiger partial charge on any atom is -0.398 e. The van der Waals surface area contributed by atoms with E-state index in [1.54, 1.807) is 0 Å². The number of anilines is 1. The van der Waals surface area contributed by atoms with Gasteiger partial charge in [-0.25, -0.2) is 0 Å². The minimum atomic E-state index is 0.752. The lowest BCUT2D eigenvalue weighted by molar-refractivity contribution is 0.413. The van der Waals surface area contributed by atoms with Crippen LogP contribution >= 0.6 is 0 Å². The van der Waals surface area contributed by atoms with Gasteiger partial charge in [0, 0.05) is 22.3 Å². The Morgan fingerprint density at radius 1 is 1.29 bits per heavy atom. The second kappa shape index (κ2) is 2.77. The van der Waals surface area contributed by atoms with Crippen molar-refractivity contribution in [2.24, 2.45) is 0 Å². The summed E-state index contributed by atoms with van der Waals surface area (Å²) in [4.78, 5) is 3.46. The summed E-state index contributed by atoms with van der Waals surface area (Å²) in [5, 5.41) is 1.18. The predicted octanol–water partition coefficient (Wildman–Crippen LogP) is 3.02. The lowest BCUT2D eigenvalue weighted by Crippen LogP contribution is -2.08. The van der Waals surface area contributed by atoms with Gasteiger partial charge >= 0.3 is 0 Å². The lowest BCUT2D eigenvalue weighted by Gasteiger charge is -2.23. The van der Waals surface area contributed by atoms with Crippen LogP contribution in [-0.2, 0) is 0 Å². The number of aromatic amines is 1. The molecule has 0 atom stereocenters. The Morgan fingerprint density at radius 2 is 2.14 bits per heavy atom. The van der Waals surface area contributed by atoms with Crippen LogP contribution in [0, 0.1) is 0 Å². The van der Waals surface area contributed by atoms with Gasteiger partial charge in [-0.1, -0.05) is 12.5 Å². The molecule has 0 aliphatic heterocycles. The third-order valence-corrected chi connectivity index (χ3v) is 3.26. The van der Waals surface area contributed by atoms with Crippen molar-refractivity contribution in [1.29, 1.82) is 0 Å². The fourth-order valence-electron chi connectivity index (χ4n) is 2.14. The fourth-order valence-corrected chi connectivity index (χ4v) is 2.14. The Bertz CT molecular complexity index is 466. The molecule has 1 saturated carbocycles.